The van der Waals surface area contributed by atoms with E-state index in [4.69, 9.17) is 10.2 Å². The molecule has 3 N–H and O–H groups in total. The number of nitrogens with one attached hydrogen (secondary N) is 1. The average molecular weight is 420 g/mol. The number of hydrogen-bond acceptors (Lipinski definition) is 3. The lowest BCUT2D eigenvalue weighted by Crippen LogP contribution is -2.45. The van der Waals surface area contributed by atoms with Crippen molar-refractivity contribution in [3.8, 4) is 0 Å². The molecule has 1 aromatic heterocycles. The molecule has 1 saturated heterocycles. The molecule has 1 aliphatic rings. The Morgan fingerprint density at radius 3 is 2.59 bits per heavy atom. The zero-order valence-electron chi connectivity index (χ0n) is 13.8. The van der Waals surface area contributed by atoms with Crippen molar-refractivity contribution < 1.29 is 4.42 Å². The minimum absolute atomic E-state index is 0. The Hall–Kier alpha value is -0.760. The van der Waals surface area contributed by atoms with E-state index in [9.17, 15) is 0 Å². The van der Waals surface area contributed by atoms with Gasteiger partial charge in [0.05, 0.1) is 18.8 Å². The molecule has 1 fully saturated rings. The zero-order valence-corrected chi connectivity index (χ0v) is 16.2. The van der Waals surface area contributed by atoms with Crippen LogP contribution in [0.1, 0.15) is 51.8 Å². The molecular formula is C16H29IN4O. The third-order valence-corrected chi connectivity index (χ3v) is 3.64. The summed E-state index contributed by atoms with van der Waals surface area (Å²) in [4.78, 5) is 6.98. The van der Waals surface area contributed by atoms with Crippen molar-refractivity contribution in [2.75, 3.05) is 19.6 Å². The molecule has 5 nitrogen and oxygen atoms in total. The molecule has 2 heterocycles. The van der Waals surface area contributed by atoms with Crippen LogP contribution in [-0.4, -0.2) is 36.0 Å². The largest absolute Gasteiger partial charge is 0.468 e. The van der Waals surface area contributed by atoms with Crippen molar-refractivity contribution in [1.82, 2.24) is 10.2 Å². The Morgan fingerprint density at radius 1 is 1.36 bits per heavy atom. The van der Waals surface area contributed by atoms with E-state index < -0.39 is 0 Å². The smallest absolute Gasteiger partial charge is 0.189 e. The molecule has 22 heavy (non-hydrogen) atoms. The van der Waals surface area contributed by atoms with E-state index in [1.54, 1.807) is 6.26 Å². The normalized spacial score (nSPS) is 18.6. The van der Waals surface area contributed by atoms with Crippen LogP contribution in [0.5, 0.6) is 0 Å². The lowest BCUT2D eigenvalue weighted by molar-refractivity contribution is 0.150. The van der Waals surface area contributed by atoms with Crippen LogP contribution in [0.25, 0.3) is 0 Å². The maximum atomic E-state index is 5.98. The number of nitrogens with two attached hydrogens (primary N) is 1. The summed E-state index contributed by atoms with van der Waals surface area (Å²) in [6.07, 6.45) is 5.54. The van der Waals surface area contributed by atoms with Crippen molar-refractivity contribution in [3.05, 3.63) is 24.2 Å². The quantitative estimate of drug-likeness (QED) is 0.446. The van der Waals surface area contributed by atoms with Crippen molar-refractivity contribution in [2.24, 2.45) is 10.7 Å². The number of nitrogens with zero attached hydrogens (tertiary/aromatic N) is 2. The first-order valence-electron chi connectivity index (χ1n) is 7.81. The first-order valence-corrected chi connectivity index (χ1v) is 7.81. The Labute approximate surface area is 150 Å². The van der Waals surface area contributed by atoms with E-state index in [-0.39, 0.29) is 35.6 Å². The molecule has 0 spiro atoms. The van der Waals surface area contributed by atoms with E-state index in [0.29, 0.717) is 12.5 Å². The number of piperidine rings is 1. The highest BCUT2D eigenvalue weighted by Gasteiger charge is 2.24. The summed E-state index contributed by atoms with van der Waals surface area (Å²) >= 11 is 0. The van der Waals surface area contributed by atoms with Crippen molar-refractivity contribution in [3.63, 3.8) is 0 Å². The second kappa shape index (κ2) is 8.76. The van der Waals surface area contributed by atoms with Crippen LogP contribution in [0, 0.1) is 0 Å². The Kier molecular flexibility index (Phi) is 7.68. The van der Waals surface area contributed by atoms with Crippen LogP contribution in [-0.2, 0) is 0 Å². The van der Waals surface area contributed by atoms with Gasteiger partial charge in [0, 0.05) is 5.54 Å². The van der Waals surface area contributed by atoms with Crippen LogP contribution >= 0.6 is 24.0 Å². The van der Waals surface area contributed by atoms with Gasteiger partial charge in [-0.2, -0.15) is 0 Å². The molecule has 126 valence electrons. The van der Waals surface area contributed by atoms with E-state index >= 15 is 0 Å². The van der Waals surface area contributed by atoms with E-state index in [0.717, 1.165) is 18.8 Å². The Balaban J connectivity index is 0.00000242. The molecule has 0 saturated carbocycles. The number of hydrogen-bond donors (Lipinski definition) is 2. The van der Waals surface area contributed by atoms with Gasteiger partial charge >= 0.3 is 0 Å². The van der Waals surface area contributed by atoms with Crippen LogP contribution in [0.15, 0.2) is 27.8 Å². The molecule has 0 aliphatic carbocycles. The first kappa shape index (κ1) is 19.3. The molecular weight excluding hydrogens is 391 g/mol. The van der Waals surface area contributed by atoms with Gasteiger partial charge in [-0.1, -0.05) is 6.42 Å². The number of guanidine groups is 1. The van der Waals surface area contributed by atoms with Gasteiger partial charge in [0.2, 0.25) is 0 Å². The molecule has 1 atom stereocenters. The number of rotatable bonds is 4. The monoisotopic (exact) mass is 420 g/mol. The highest BCUT2D eigenvalue weighted by atomic mass is 127. The summed E-state index contributed by atoms with van der Waals surface area (Å²) in [6.45, 7) is 9.06. The minimum atomic E-state index is -0.0705. The van der Waals surface area contributed by atoms with Crippen molar-refractivity contribution in [2.45, 2.75) is 51.6 Å². The van der Waals surface area contributed by atoms with E-state index in [2.05, 4.69) is 36.0 Å². The molecule has 0 aromatic carbocycles. The lowest BCUT2D eigenvalue weighted by Gasteiger charge is -2.32. The number of furan rings is 1. The molecule has 1 aliphatic heterocycles. The average Bonchev–Trinajstić information content (AvgIpc) is 2.92. The topological polar surface area (TPSA) is 66.8 Å². The standard InChI is InChI=1S/C16H28N4O.HI/c1-16(2,3)19-15(17)18-12-13(14-8-7-11-21-14)20-9-5-4-6-10-20;/h7-8,11,13H,4-6,9-10,12H2,1-3H3,(H3,17,18,19);1H. The summed E-state index contributed by atoms with van der Waals surface area (Å²) in [5, 5.41) is 3.20. The molecule has 1 aromatic rings. The summed E-state index contributed by atoms with van der Waals surface area (Å²) in [5.41, 5.74) is 5.91. The fourth-order valence-electron chi connectivity index (χ4n) is 2.70. The number of aliphatic imine (C=N–C) groups is 1. The minimum Gasteiger partial charge on any atom is -0.468 e. The molecule has 6 heteroatoms. The van der Waals surface area contributed by atoms with Gasteiger partial charge < -0.3 is 15.5 Å². The number of likely N-dealkylation sites (tertiary alicyclic amines) is 1. The Bertz CT molecular complexity index is 447. The van der Waals surface area contributed by atoms with Gasteiger partial charge in [0.25, 0.3) is 0 Å². The summed E-state index contributed by atoms with van der Waals surface area (Å²) in [6, 6.07) is 4.15. The van der Waals surface area contributed by atoms with Crippen LogP contribution in [0.2, 0.25) is 0 Å². The Morgan fingerprint density at radius 2 is 2.05 bits per heavy atom. The van der Waals surface area contributed by atoms with E-state index in [1.165, 1.54) is 19.3 Å². The van der Waals surface area contributed by atoms with Gasteiger partial charge in [-0.05, 0) is 58.8 Å². The maximum absolute atomic E-state index is 5.98. The highest BCUT2D eigenvalue weighted by molar-refractivity contribution is 14.0. The van der Waals surface area contributed by atoms with Crippen LogP contribution in [0.4, 0.5) is 0 Å². The predicted molar refractivity (Wildman–Crippen MR) is 102 cm³/mol. The summed E-state index contributed by atoms with van der Waals surface area (Å²) < 4.78 is 5.61. The van der Waals surface area contributed by atoms with Gasteiger partial charge in [-0.3, -0.25) is 9.89 Å². The third-order valence-electron chi connectivity index (χ3n) is 3.64. The van der Waals surface area contributed by atoms with Crippen molar-refractivity contribution in [1.29, 1.82) is 0 Å². The second-order valence-electron chi connectivity index (χ2n) is 6.73. The fraction of sp³-hybridized carbons (Fsp3) is 0.688. The van der Waals surface area contributed by atoms with Crippen molar-refractivity contribution >= 4 is 29.9 Å². The molecule has 1 unspecified atom stereocenters. The predicted octanol–water partition coefficient (Wildman–Crippen LogP) is 3.13. The van der Waals surface area contributed by atoms with Gasteiger partial charge in [0.1, 0.15) is 5.76 Å². The van der Waals surface area contributed by atoms with Crippen LogP contribution in [0.3, 0.4) is 0 Å². The number of halogens is 1. The molecule has 0 amide bonds. The second-order valence-corrected chi connectivity index (χ2v) is 6.73. The molecule has 2 rings (SSSR count). The van der Waals surface area contributed by atoms with Crippen LogP contribution < -0.4 is 11.1 Å². The lowest BCUT2D eigenvalue weighted by atomic mass is 10.1. The van der Waals surface area contributed by atoms with Gasteiger partial charge in [-0.15, -0.1) is 24.0 Å². The SMILES string of the molecule is CC(C)(C)NC(N)=NCC(c1ccco1)N1CCCCC1.I. The highest BCUT2D eigenvalue weighted by Crippen LogP contribution is 2.25. The molecule has 0 bridgehead atoms. The summed E-state index contributed by atoms with van der Waals surface area (Å²) in [7, 11) is 0. The zero-order chi connectivity index (χ0) is 15.3. The summed E-state index contributed by atoms with van der Waals surface area (Å²) in [5.74, 6) is 1.47. The maximum Gasteiger partial charge on any atom is 0.189 e. The fourth-order valence-corrected chi connectivity index (χ4v) is 2.70. The van der Waals surface area contributed by atoms with Gasteiger partial charge in [0.15, 0.2) is 5.96 Å². The molecule has 0 radical (unpaired) electrons. The van der Waals surface area contributed by atoms with E-state index in [1.807, 2.05) is 12.1 Å². The van der Waals surface area contributed by atoms with Gasteiger partial charge in [-0.25, -0.2) is 0 Å². The first-order chi connectivity index (χ1) is 9.96. The third kappa shape index (κ3) is 6.16.